The molecule has 4 amide bonds. The van der Waals surface area contributed by atoms with E-state index in [4.69, 9.17) is 23.2 Å². The molecule has 40 heavy (non-hydrogen) atoms. The van der Waals surface area contributed by atoms with Gasteiger partial charge in [-0.25, -0.2) is 9.29 Å². The molecule has 2 aromatic carbocycles. The molecule has 6 unspecified atom stereocenters. The molecule has 2 aromatic rings. The smallest absolute Gasteiger partial charge is 0.258 e. The first-order chi connectivity index (χ1) is 19.0. The number of para-hydroxylation sites is 1. The van der Waals surface area contributed by atoms with Gasteiger partial charge < -0.3 is 5.11 Å². The number of imide groups is 2. The number of nitrogens with zero attached hydrogens (tertiary/aromatic N) is 2. The summed E-state index contributed by atoms with van der Waals surface area (Å²) in [4.78, 5) is 52.4. The van der Waals surface area contributed by atoms with Crippen molar-refractivity contribution in [2.45, 2.75) is 34.9 Å². The average Bonchev–Trinajstić information content (AvgIpc) is 3.24. The van der Waals surface area contributed by atoms with Crippen LogP contribution in [-0.2, 0) is 25.6 Å². The van der Waals surface area contributed by atoms with Crippen molar-refractivity contribution in [2.24, 2.45) is 17.8 Å². The lowest BCUT2D eigenvalue weighted by atomic mass is 9.56. The van der Waals surface area contributed by atoms with Crippen LogP contribution in [0.2, 0.25) is 0 Å². The Labute approximate surface area is 239 Å². The average molecular weight is 583 g/mol. The van der Waals surface area contributed by atoms with E-state index in [9.17, 15) is 28.7 Å². The van der Waals surface area contributed by atoms with Crippen LogP contribution in [0.5, 0.6) is 5.75 Å². The Morgan fingerprint density at radius 1 is 1.05 bits per heavy atom. The van der Waals surface area contributed by atoms with Crippen molar-refractivity contribution >= 4 is 52.5 Å². The molecule has 2 saturated heterocycles. The number of aromatic hydroxyl groups is 1. The van der Waals surface area contributed by atoms with Gasteiger partial charge in [0.15, 0.2) is 9.75 Å². The Morgan fingerprint density at radius 3 is 2.42 bits per heavy atom. The number of alkyl halides is 2. The third kappa shape index (κ3) is 3.29. The molecule has 3 fully saturated rings. The molecule has 6 atom stereocenters. The summed E-state index contributed by atoms with van der Waals surface area (Å²) >= 11 is 14.6. The number of carbonyl (C=O) groups is 4. The van der Waals surface area contributed by atoms with E-state index in [1.807, 2.05) is 0 Å². The van der Waals surface area contributed by atoms with Crippen molar-refractivity contribution in [3.8, 4) is 5.75 Å². The number of amides is 4. The quantitative estimate of drug-likeness (QED) is 0.326. The molecule has 2 aliphatic carbocycles. The topological polar surface area (TPSA) is 95.0 Å². The molecule has 1 N–H and O–H groups in total. The summed E-state index contributed by atoms with van der Waals surface area (Å²) in [6.07, 6.45) is 3.81. The predicted octanol–water partition coefficient (Wildman–Crippen LogP) is 4.45. The number of fused-ring (bicyclic) bond motifs is 4. The van der Waals surface area contributed by atoms with Crippen molar-refractivity contribution < 1.29 is 28.7 Å². The summed E-state index contributed by atoms with van der Waals surface area (Å²) in [5.74, 6) is -6.22. The third-order valence-corrected chi connectivity index (χ3v) is 10.4. The van der Waals surface area contributed by atoms with Crippen LogP contribution in [0.15, 0.2) is 66.8 Å². The normalized spacial score (nSPS) is 33.0. The fraction of sp³-hybridized carbons (Fsp3) is 0.333. The molecule has 7 nitrogen and oxygen atoms in total. The SMILES string of the molecule is C=CCc1cccc(C2C3=CCC4C(=O)N(C)C(=O)C4C3CC3(Cl)C(=O)N(c4ccc(F)cc4)C(=O)C23Cl)c1O. The van der Waals surface area contributed by atoms with Crippen LogP contribution >= 0.6 is 23.2 Å². The second-order valence-electron chi connectivity index (χ2n) is 10.8. The first kappa shape index (κ1) is 26.7. The minimum Gasteiger partial charge on any atom is -0.507 e. The second kappa shape index (κ2) is 9.01. The summed E-state index contributed by atoms with van der Waals surface area (Å²) in [7, 11) is 1.43. The lowest BCUT2D eigenvalue weighted by Crippen LogP contribution is -2.60. The van der Waals surface area contributed by atoms with Gasteiger partial charge in [0.05, 0.1) is 17.5 Å². The molecule has 4 aliphatic rings. The van der Waals surface area contributed by atoms with Gasteiger partial charge in [-0.1, -0.05) is 35.9 Å². The van der Waals surface area contributed by atoms with Crippen LogP contribution in [0.4, 0.5) is 10.1 Å². The zero-order valence-corrected chi connectivity index (χ0v) is 23.0. The van der Waals surface area contributed by atoms with Gasteiger partial charge in [-0.05, 0) is 55.0 Å². The largest absolute Gasteiger partial charge is 0.507 e. The van der Waals surface area contributed by atoms with Gasteiger partial charge in [-0.15, -0.1) is 29.8 Å². The predicted molar refractivity (Wildman–Crippen MR) is 146 cm³/mol. The number of allylic oxidation sites excluding steroid dienone is 3. The molecule has 0 bridgehead atoms. The Bertz CT molecular complexity index is 1540. The lowest BCUT2D eigenvalue weighted by molar-refractivity contribution is -0.138. The highest BCUT2D eigenvalue weighted by atomic mass is 35.5. The number of hydrogen-bond acceptors (Lipinski definition) is 5. The van der Waals surface area contributed by atoms with Gasteiger partial charge >= 0.3 is 0 Å². The summed E-state index contributed by atoms with van der Waals surface area (Å²) in [5.41, 5.74) is 1.48. The molecule has 0 aromatic heterocycles. The summed E-state index contributed by atoms with van der Waals surface area (Å²) < 4.78 is 13.7. The zero-order chi connectivity index (χ0) is 28.7. The van der Waals surface area contributed by atoms with Gasteiger partial charge in [0.2, 0.25) is 11.8 Å². The van der Waals surface area contributed by atoms with Crippen LogP contribution < -0.4 is 4.90 Å². The number of rotatable bonds is 4. The summed E-state index contributed by atoms with van der Waals surface area (Å²) in [5, 5.41) is 11.4. The number of carbonyl (C=O) groups excluding carboxylic acids is 4. The maximum Gasteiger partial charge on any atom is 0.258 e. The van der Waals surface area contributed by atoms with Crippen LogP contribution in [0.25, 0.3) is 0 Å². The molecule has 206 valence electrons. The Balaban J connectivity index is 1.60. The lowest BCUT2D eigenvalue weighted by Gasteiger charge is -2.50. The molecular formula is C30H25Cl2FN2O5. The summed E-state index contributed by atoms with van der Waals surface area (Å²) in [6.45, 7) is 3.74. The van der Waals surface area contributed by atoms with Gasteiger partial charge in [-0.3, -0.25) is 24.1 Å². The Morgan fingerprint density at radius 2 is 1.75 bits per heavy atom. The van der Waals surface area contributed by atoms with E-state index in [-0.39, 0.29) is 41.7 Å². The van der Waals surface area contributed by atoms with Crippen molar-refractivity contribution in [1.82, 2.24) is 4.90 Å². The molecule has 2 heterocycles. The first-order valence-corrected chi connectivity index (χ1v) is 13.7. The number of phenols is 1. The number of anilines is 1. The van der Waals surface area contributed by atoms with Crippen LogP contribution in [0.3, 0.4) is 0 Å². The van der Waals surface area contributed by atoms with E-state index in [1.165, 1.54) is 19.2 Å². The first-order valence-electron chi connectivity index (χ1n) is 12.9. The zero-order valence-electron chi connectivity index (χ0n) is 21.4. The van der Waals surface area contributed by atoms with Gasteiger partial charge in [-0.2, -0.15) is 0 Å². The standard InChI is InChI=1S/C30H25Cl2FN2O5/c1-3-5-15-6-4-7-20(24(15)36)23-18-12-13-19-22(26(38)34(2)25(19)37)21(18)14-29(31)27(39)35(28(40)30(23,29)32)17-10-8-16(33)9-11-17/h3-4,6-12,19,21-23,36H,1,5,13-14H2,2H3. The monoisotopic (exact) mass is 582 g/mol. The van der Waals surface area contributed by atoms with Crippen LogP contribution in [0.1, 0.15) is 29.9 Å². The van der Waals surface area contributed by atoms with Crippen LogP contribution in [-0.4, -0.2) is 50.4 Å². The third-order valence-electron chi connectivity index (χ3n) is 8.94. The minimum absolute atomic E-state index is 0.0934. The molecule has 10 heteroatoms. The number of hydrogen-bond donors (Lipinski definition) is 1. The van der Waals surface area contributed by atoms with Crippen molar-refractivity contribution in [1.29, 1.82) is 0 Å². The van der Waals surface area contributed by atoms with E-state index in [0.29, 0.717) is 17.6 Å². The minimum atomic E-state index is -2.10. The van der Waals surface area contributed by atoms with E-state index < -0.39 is 51.1 Å². The number of phenolic OH excluding ortho intramolecular Hbond substituents is 1. The number of benzene rings is 2. The summed E-state index contributed by atoms with van der Waals surface area (Å²) in [6, 6.07) is 9.85. The van der Waals surface area contributed by atoms with Gasteiger partial charge in [0.25, 0.3) is 11.8 Å². The fourth-order valence-corrected chi connectivity index (χ4v) is 7.99. The number of halogens is 3. The second-order valence-corrected chi connectivity index (χ2v) is 12.1. The Hall–Kier alpha value is -3.49. The van der Waals surface area contributed by atoms with E-state index in [1.54, 1.807) is 30.4 Å². The highest BCUT2D eigenvalue weighted by molar-refractivity contribution is 6.58. The van der Waals surface area contributed by atoms with E-state index in [2.05, 4.69) is 6.58 Å². The number of likely N-dealkylation sites (tertiary alicyclic amines) is 1. The van der Waals surface area contributed by atoms with Gasteiger partial charge in [0.1, 0.15) is 11.6 Å². The molecule has 0 radical (unpaired) electrons. The fourth-order valence-electron chi connectivity index (χ4n) is 7.07. The molecule has 1 saturated carbocycles. The molecule has 6 rings (SSSR count). The van der Waals surface area contributed by atoms with Crippen molar-refractivity contribution in [3.63, 3.8) is 0 Å². The van der Waals surface area contributed by atoms with E-state index >= 15 is 0 Å². The molecule has 0 spiro atoms. The van der Waals surface area contributed by atoms with Crippen molar-refractivity contribution in [2.75, 3.05) is 11.9 Å². The highest BCUT2D eigenvalue weighted by Gasteiger charge is 2.76. The molecule has 2 aliphatic heterocycles. The highest BCUT2D eigenvalue weighted by Crippen LogP contribution is 2.66. The molecular weight excluding hydrogens is 558 g/mol. The maximum absolute atomic E-state index is 14.3. The van der Waals surface area contributed by atoms with E-state index in [0.717, 1.165) is 21.9 Å². The maximum atomic E-state index is 14.3. The Kier molecular flexibility index (Phi) is 6.02. The van der Waals surface area contributed by atoms with Crippen molar-refractivity contribution in [3.05, 3.63) is 83.7 Å². The van der Waals surface area contributed by atoms with Crippen LogP contribution in [0, 0.1) is 23.6 Å². The van der Waals surface area contributed by atoms with Gasteiger partial charge in [0, 0.05) is 18.5 Å².